The van der Waals surface area contributed by atoms with Gasteiger partial charge in [-0.15, -0.1) is 22.7 Å². The predicted molar refractivity (Wildman–Crippen MR) is 80.7 cm³/mol. The Bertz CT molecular complexity index is 487. The molecule has 2 heterocycles. The first kappa shape index (κ1) is 13.7. The number of rotatable bonds is 6. The molecule has 1 unspecified atom stereocenters. The number of nitrogens with zero attached hydrogens (tertiary/aromatic N) is 1. The second-order valence-corrected chi connectivity index (χ2v) is 6.25. The van der Waals surface area contributed by atoms with E-state index in [1.165, 1.54) is 15.4 Å². The molecule has 0 amide bonds. The van der Waals surface area contributed by atoms with Crippen LogP contribution in [0.3, 0.4) is 0 Å². The molecule has 1 atom stereocenters. The third-order valence-electron chi connectivity index (χ3n) is 2.97. The number of aromatic nitrogens is 1. The molecule has 0 aliphatic rings. The first-order valence-electron chi connectivity index (χ1n) is 6.45. The first-order valence-corrected chi connectivity index (χ1v) is 8.21. The molecule has 98 valence electrons. The quantitative estimate of drug-likeness (QED) is 0.866. The van der Waals surface area contributed by atoms with E-state index in [-0.39, 0.29) is 0 Å². The summed E-state index contributed by atoms with van der Waals surface area (Å²) < 4.78 is 0. The maximum absolute atomic E-state index is 4.58. The maximum Gasteiger partial charge on any atom is 0.0947 e. The molecule has 1 N–H and O–H groups in total. The molecule has 0 spiro atoms. The number of likely N-dealkylation sites (N-methyl/N-ethyl adjacent to an activating group) is 1. The summed E-state index contributed by atoms with van der Waals surface area (Å²) in [6, 6.07) is 2.66. The minimum atomic E-state index is 0.413. The van der Waals surface area contributed by atoms with Crippen LogP contribution in [0.15, 0.2) is 16.8 Å². The highest BCUT2D eigenvalue weighted by Crippen LogP contribution is 2.28. The second-order valence-electron chi connectivity index (χ2n) is 4.36. The molecule has 2 rings (SSSR count). The third kappa shape index (κ3) is 3.19. The summed E-state index contributed by atoms with van der Waals surface area (Å²) in [6.07, 6.45) is 2.11. The van der Waals surface area contributed by atoms with Crippen LogP contribution in [-0.4, -0.2) is 11.5 Å². The highest BCUT2D eigenvalue weighted by atomic mass is 32.1. The van der Waals surface area contributed by atoms with Gasteiger partial charge < -0.3 is 5.32 Å². The summed E-state index contributed by atoms with van der Waals surface area (Å²) in [7, 11) is 0. The van der Waals surface area contributed by atoms with Gasteiger partial charge in [-0.05, 0) is 36.9 Å². The Morgan fingerprint density at radius 3 is 2.78 bits per heavy atom. The van der Waals surface area contributed by atoms with E-state index in [1.54, 1.807) is 11.3 Å². The zero-order valence-corrected chi connectivity index (χ0v) is 12.8. The zero-order valence-electron chi connectivity index (χ0n) is 11.2. The summed E-state index contributed by atoms with van der Waals surface area (Å²) in [5, 5.41) is 9.16. The normalized spacial score (nSPS) is 12.8. The number of hydrogen-bond acceptors (Lipinski definition) is 4. The van der Waals surface area contributed by atoms with Crippen LogP contribution in [0.2, 0.25) is 0 Å². The fourth-order valence-corrected chi connectivity index (χ4v) is 4.01. The Labute approximate surface area is 117 Å². The number of nitrogens with one attached hydrogen (secondary N) is 1. The van der Waals surface area contributed by atoms with E-state index in [0.29, 0.717) is 6.04 Å². The molecule has 0 radical (unpaired) electrons. The van der Waals surface area contributed by atoms with Gasteiger partial charge in [-0.1, -0.05) is 13.8 Å². The van der Waals surface area contributed by atoms with Crippen LogP contribution < -0.4 is 5.32 Å². The van der Waals surface area contributed by atoms with Crippen molar-refractivity contribution in [2.75, 3.05) is 6.54 Å². The van der Waals surface area contributed by atoms with E-state index >= 15 is 0 Å². The van der Waals surface area contributed by atoms with Gasteiger partial charge in [0.2, 0.25) is 0 Å². The fraction of sp³-hybridized carbons (Fsp3) is 0.500. The summed E-state index contributed by atoms with van der Waals surface area (Å²) in [4.78, 5) is 6.06. The highest BCUT2D eigenvalue weighted by molar-refractivity contribution is 7.10. The van der Waals surface area contributed by atoms with Gasteiger partial charge in [-0.2, -0.15) is 0 Å². The van der Waals surface area contributed by atoms with Crippen molar-refractivity contribution in [1.82, 2.24) is 10.3 Å². The molecule has 0 saturated carbocycles. The van der Waals surface area contributed by atoms with E-state index in [4.69, 9.17) is 0 Å². The lowest BCUT2D eigenvalue weighted by Gasteiger charge is -2.17. The van der Waals surface area contributed by atoms with Crippen LogP contribution >= 0.6 is 22.7 Å². The number of thiophene rings is 1. The fourth-order valence-electron chi connectivity index (χ4n) is 2.12. The first-order chi connectivity index (χ1) is 8.74. The van der Waals surface area contributed by atoms with E-state index in [9.17, 15) is 0 Å². The van der Waals surface area contributed by atoms with Crippen molar-refractivity contribution in [3.63, 3.8) is 0 Å². The van der Waals surface area contributed by atoms with E-state index < -0.39 is 0 Å². The lowest BCUT2D eigenvalue weighted by Crippen LogP contribution is -2.23. The topological polar surface area (TPSA) is 24.9 Å². The average Bonchev–Trinajstić information content (AvgIpc) is 2.97. The van der Waals surface area contributed by atoms with Crippen LogP contribution in [0.4, 0.5) is 0 Å². The Hall–Kier alpha value is -0.710. The van der Waals surface area contributed by atoms with Gasteiger partial charge in [-0.25, -0.2) is 4.98 Å². The van der Waals surface area contributed by atoms with Crippen molar-refractivity contribution in [2.45, 2.75) is 39.7 Å². The van der Waals surface area contributed by atoms with Crippen LogP contribution in [0, 0.1) is 6.92 Å². The standard InChI is InChI=1S/C14H20N2S2/c1-4-11-6-7-17-14(11)12(15-5-2)8-13-16-10(3)9-18-13/h6-7,9,12,15H,4-5,8H2,1-3H3. The van der Waals surface area contributed by atoms with Gasteiger partial charge in [-0.3, -0.25) is 0 Å². The molecule has 2 aromatic heterocycles. The summed E-state index contributed by atoms with van der Waals surface area (Å²) in [6.45, 7) is 7.45. The van der Waals surface area contributed by atoms with Gasteiger partial charge >= 0.3 is 0 Å². The number of hydrogen-bond donors (Lipinski definition) is 1. The molecule has 0 bridgehead atoms. The maximum atomic E-state index is 4.58. The minimum Gasteiger partial charge on any atom is -0.309 e. The second kappa shape index (κ2) is 6.45. The number of thiazole rings is 1. The molecule has 0 fully saturated rings. The van der Waals surface area contributed by atoms with Crippen LogP contribution in [0.1, 0.15) is 41.0 Å². The van der Waals surface area contributed by atoms with Gasteiger partial charge in [0, 0.05) is 28.4 Å². The third-order valence-corrected chi connectivity index (χ3v) is 5.04. The molecule has 2 nitrogen and oxygen atoms in total. The predicted octanol–water partition coefficient (Wildman–Crippen LogP) is 3.97. The van der Waals surface area contributed by atoms with E-state index in [2.05, 4.69) is 47.9 Å². The van der Waals surface area contributed by atoms with Crippen molar-refractivity contribution in [1.29, 1.82) is 0 Å². The van der Waals surface area contributed by atoms with Crippen LogP contribution in [-0.2, 0) is 12.8 Å². The lowest BCUT2D eigenvalue weighted by atomic mass is 10.1. The molecule has 0 aromatic carbocycles. The Kier molecular flexibility index (Phi) is 4.92. The summed E-state index contributed by atoms with van der Waals surface area (Å²) in [5.74, 6) is 0. The van der Waals surface area contributed by atoms with E-state index in [0.717, 1.165) is 25.1 Å². The summed E-state index contributed by atoms with van der Waals surface area (Å²) >= 11 is 3.63. The van der Waals surface area contributed by atoms with Gasteiger partial charge in [0.05, 0.1) is 5.01 Å². The zero-order chi connectivity index (χ0) is 13.0. The number of aryl methyl sites for hydroxylation is 2. The molecular formula is C14H20N2S2. The van der Waals surface area contributed by atoms with Gasteiger partial charge in [0.1, 0.15) is 0 Å². The van der Waals surface area contributed by atoms with Crippen LogP contribution in [0.25, 0.3) is 0 Å². The van der Waals surface area contributed by atoms with Gasteiger partial charge in [0.15, 0.2) is 0 Å². The van der Waals surface area contributed by atoms with E-state index in [1.807, 2.05) is 11.3 Å². The lowest BCUT2D eigenvalue weighted by molar-refractivity contribution is 0.553. The largest absolute Gasteiger partial charge is 0.309 e. The molecule has 2 aromatic rings. The molecule has 0 saturated heterocycles. The molecule has 0 aliphatic carbocycles. The van der Waals surface area contributed by atoms with Crippen molar-refractivity contribution < 1.29 is 0 Å². The Balaban J connectivity index is 2.17. The molecule has 18 heavy (non-hydrogen) atoms. The van der Waals surface area contributed by atoms with Crippen molar-refractivity contribution in [2.24, 2.45) is 0 Å². The Morgan fingerprint density at radius 1 is 1.33 bits per heavy atom. The molecular weight excluding hydrogens is 260 g/mol. The highest BCUT2D eigenvalue weighted by Gasteiger charge is 2.17. The molecule has 0 aliphatic heterocycles. The Morgan fingerprint density at radius 2 is 2.17 bits per heavy atom. The molecule has 4 heteroatoms. The van der Waals surface area contributed by atoms with Crippen molar-refractivity contribution in [3.05, 3.63) is 38.0 Å². The average molecular weight is 280 g/mol. The summed E-state index contributed by atoms with van der Waals surface area (Å²) in [5.41, 5.74) is 2.60. The smallest absolute Gasteiger partial charge is 0.0947 e. The van der Waals surface area contributed by atoms with Crippen molar-refractivity contribution >= 4 is 22.7 Å². The van der Waals surface area contributed by atoms with Crippen LogP contribution in [0.5, 0.6) is 0 Å². The SMILES string of the molecule is CCNC(Cc1nc(C)cs1)c1sccc1CC. The minimum absolute atomic E-state index is 0.413. The monoisotopic (exact) mass is 280 g/mol. The van der Waals surface area contributed by atoms with Crippen molar-refractivity contribution in [3.8, 4) is 0 Å². The van der Waals surface area contributed by atoms with Gasteiger partial charge in [0.25, 0.3) is 0 Å².